The van der Waals surface area contributed by atoms with Crippen LogP contribution in [-0.2, 0) is 11.3 Å². The number of aryl methyl sites for hydroxylation is 1. The van der Waals surface area contributed by atoms with Gasteiger partial charge in [0.2, 0.25) is 5.91 Å². The molecule has 21 heavy (non-hydrogen) atoms. The summed E-state index contributed by atoms with van der Waals surface area (Å²) in [7, 11) is 1.67. The molecule has 1 amide bonds. The molecule has 0 spiro atoms. The molecule has 2 rings (SSSR count). The summed E-state index contributed by atoms with van der Waals surface area (Å²) in [5, 5.41) is 6.17. The van der Waals surface area contributed by atoms with Gasteiger partial charge < -0.3 is 15.5 Å². The Hall–Kier alpha value is -1.62. The highest BCUT2D eigenvalue weighted by molar-refractivity contribution is 5.80. The van der Waals surface area contributed by atoms with Crippen molar-refractivity contribution in [3.63, 3.8) is 0 Å². The summed E-state index contributed by atoms with van der Waals surface area (Å²) in [6, 6.07) is 2.87. The minimum absolute atomic E-state index is 0.0177. The number of carbonyl (C=O) groups excluding carboxylic acids is 1. The van der Waals surface area contributed by atoms with Crippen molar-refractivity contribution in [3.8, 4) is 0 Å². The summed E-state index contributed by atoms with van der Waals surface area (Å²) in [5.41, 5.74) is 2.34. The predicted molar refractivity (Wildman–Crippen MR) is 85.4 cm³/mol. The van der Waals surface area contributed by atoms with E-state index in [0.29, 0.717) is 12.6 Å². The van der Waals surface area contributed by atoms with E-state index in [9.17, 15) is 4.79 Å². The van der Waals surface area contributed by atoms with E-state index in [1.165, 1.54) is 18.4 Å². The van der Waals surface area contributed by atoms with E-state index in [2.05, 4.69) is 35.5 Å². The van der Waals surface area contributed by atoms with E-state index in [1.54, 1.807) is 7.05 Å². The molecule has 1 aliphatic carbocycles. The van der Waals surface area contributed by atoms with Crippen molar-refractivity contribution in [2.75, 3.05) is 25.0 Å². The number of hydrogen-bond donors (Lipinski definition) is 2. The van der Waals surface area contributed by atoms with Crippen LogP contribution in [-0.4, -0.2) is 37.1 Å². The Kier molecular flexibility index (Phi) is 5.56. The highest BCUT2D eigenvalue weighted by Crippen LogP contribution is 2.21. The van der Waals surface area contributed by atoms with Gasteiger partial charge in [-0.3, -0.25) is 4.79 Å². The van der Waals surface area contributed by atoms with Crippen LogP contribution >= 0.6 is 0 Å². The third-order valence-electron chi connectivity index (χ3n) is 3.69. The normalized spacial score (nSPS) is 14.0. The van der Waals surface area contributed by atoms with Crippen LogP contribution in [0.1, 0.15) is 37.3 Å². The van der Waals surface area contributed by atoms with E-state index in [1.807, 2.05) is 11.1 Å². The van der Waals surface area contributed by atoms with Gasteiger partial charge in [0, 0.05) is 32.4 Å². The molecular formula is C16H26N4O. The Morgan fingerprint density at radius 3 is 2.81 bits per heavy atom. The first-order chi connectivity index (χ1) is 10.1. The minimum atomic E-state index is 0.0177. The van der Waals surface area contributed by atoms with Gasteiger partial charge in [-0.2, -0.15) is 0 Å². The molecule has 1 aromatic rings. The molecule has 0 radical (unpaired) electrons. The molecule has 5 nitrogen and oxygen atoms in total. The maximum absolute atomic E-state index is 11.6. The van der Waals surface area contributed by atoms with Crippen molar-refractivity contribution in [2.45, 2.75) is 45.7 Å². The number of nitrogens with one attached hydrogen (secondary N) is 2. The maximum atomic E-state index is 11.6. The number of pyridine rings is 1. The summed E-state index contributed by atoms with van der Waals surface area (Å²) >= 11 is 0. The Bertz CT molecular complexity index is 485. The second-order valence-corrected chi connectivity index (χ2v) is 5.73. The first-order valence-electron chi connectivity index (χ1n) is 7.78. The van der Waals surface area contributed by atoms with Crippen LogP contribution in [0.25, 0.3) is 0 Å². The molecule has 1 aliphatic rings. The Balaban J connectivity index is 2.05. The Morgan fingerprint density at radius 2 is 2.24 bits per heavy atom. The van der Waals surface area contributed by atoms with Crippen LogP contribution in [0.4, 0.5) is 5.82 Å². The van der Waals surface area contributed by atoms with E-state index in [-0.39, 0.29) is 5.91 Å². The van der Waals surface area contributed by atoms with Crippen molar-refractivity contribution in [3.05, 3.63) is 23.4 Å². The highest BCUT2D eigenvalue weighted by Gasteiger charge is 2.20. The molecule has 5 heteroatoms. The van der Waals surface area contributed by atoms with Crippen molar-refractivity contribution in [2.24, 2.45) is 0 Å². The zero-order valence-corrected chi connectivity index (χ0v) is 13.3. The monoisotopic (exact) mass is 290 g/mol. The first kappa shape index (κ1) is 15.8. The fraction of sp³-hybridized carbons (Fsp3) is 0.625. The van der Waals surface area contributed by atoms with E-state index in [4.69, 9.17) is 0 Å². The second kappa shape index (κ2) is 7.41. The van der Waals surface area contributed by atoms with E-state index in [0.717, 1.165) is 30.9 Å². The molecule has 116 valence electrons. The van der Waals surface area contributed by atoms with Crippen molar-refractivity contribution in [1.29, 1.82) is 0 Å². The van der Waals surface area contributed by atoms with E-state index >= 15 is 0 Å². The molecule has 0 unspecified atom stereocenters. The number of nitrogens with zero attached hydrogens (tertiary/aromatic N) is 2. The minimum Gasteiger partial charge on any atom is -0.358 e. The lowest BCUT2D eigenvalue weighted by Gasteiger charge is -2.24. The number of likely N-dealkylation sites (N-methyl/N-ethyl adjacent to an activating group) is 1. The molecule has 0 aromatic carbocycles. The molecule has 1 saturated carbocycles. The molecule has 0 aliphatic heterocycles. The number of anilines is 1. The zero-order valence-electron chi connectivity index (χ0n) is 13.3. The Labute approximate surface area is 127 Å². The molecule has 1 fully saturated rings. The average Bonchev–Trinajstić information content (AvgIpc) is 3.29. The standard InChI is InChI=1S/C16H26N4O/c1-4-7-20(11-15(21)17-3)16-12(2)8-13(10-19-16)9-18-14-5-6-14/h8,10,14,18H,4-7,9,11H2,1-3H3,(H,17,21). The second-order valence-electron chi connectivity index (χ2n) is 5.73. The van der Waals surface area contributed by atoms with Gasteiger partial charge in [0.1, 0.15) is 5.82 Å². The molecule has 0 saturated heterocycles. The van der Waals surface area contributed by atoms with Crippen LogP contribution in [0.5, 0.6) is 0 Å². The van der Waals surface area contributed by atoms with Gasteiger partial charge >= 0.3 is 0 Å². The summed E-state index contributed by atoms with van der Waals surface area (Å²) in [5.74, 6) is 0.930. The summed E-state index contributed by atoms with van der Waals surface area (Å²) < 4.78 is 0. The lowest BCUT2D eigenvalue weighted by atomic mass is 10.2. The number of hydrogen-bond acceptors (Lipinski definition) is 4. The lowest BCUT2D eigenvalue weighted by molar-refractivity contribution is -0.119. The lowest BCUT2D eigenvalue weighted by Crippen LogP contribution is -2.37. The number of rotatable bonds is 8. The van der Waals surface area contributed by atoms with Gasteiger partial charge in [-0.05, 0) is 43.4 Å². The molecule has 2 N–H and O–H groups in total. The van der Waals surface area contributed by atoms with Crippen LogP contribution in [0.3, 0.4) is 0 Å². The highest BCUT2D eigenvalue weighted by atomic mass is 16.1. The van der Waals surface area contributed by atoms with Crippen LogP contribution in [0, 0.1) is 6.92 Å². The average molecular weight is 290 g/mol. The summed E-state index contributed by atoms with van der Waals surface area (Å²) in [6.07, 6.45) is 5.50. The topological polar surface area (TPSA) is 57.3 Å². The largest absolute Gasteiger partial charge is 0.358 e. The predicted octanol–water partition coefficient (Wildman–Crippen LogP) is 1.60. The zero-order chi connectivity index (χ0) is 15.2. The van der Waals surface area contributed by atoms with E-state index < -0.39 is 0 Å². The molecule has 0 bridgehead atoms. The molecule has 0 atom stereocenters. The third kappa shape index (κ3) is 4.70. The fourth-order valence-corrected chi connectivity index (χ4v) is 2.39. The van der Waals surface area contributed by atoms with Crippen molar-refractivity contribution in [1.82, 2.24) is 15.6 Å². The quantitative estimate of drug-likeness (QED) is 0.763. The number of carbonyl (C=O) groups is 1. The van der Waals surface area contributed by atoms with Crippen LogP contribution in [0.2, 0.25) is 0 Å². The van der Waals surface area contributed by atoms with Gasteiger partial charge in [-0.15, -0.1) is 0 Å². The van der Waals surface area contributed by atoms with Crippen molar-refractivity contribution < 1.29 is 4.79 Å². The van der Waals surface area contributed by atoms with Crippen LogP contribution in [0.15, 0.2) is 12.3 Å². The Morgan fingerprint density at radius 1 is 1.48 bits per heavy atom. The van der Waals surface area contributed by atoms with Gasteiger partial charge in [0.25, 0.3) is 0 Å². The molecular weight excluding hydrogens is 264 g/mol. The third-order valence-corrected chi connectivity index (χ3v) is 3.69. The van der Waals surface area contributed by atoms with Gasteiger partial charge in [-0.25, -0.2) is 4.98 Å². The maximum Gasteiger partial charge on any atom is 0.239 e. The summed E-state index contributed by atoms with van der Waals surface area (Å²) in [6.45, 7) is 6.25. The molecule has 1 heterocycles. The first-order valence-corrected chi connectivity index (χ1v) is 7.78. The SMILES string of the molecule is CCCN(CC(=O)NC)c1ncc(CNC2CC2)cc1C. The van der Waals surface area contributed by atoms with Crippen molar-refractivity contribution >= 4 is 11.7 Å². The fourth-order valence-electron chi connectivity index (χ4n) is 2.39. The van der Waals surface area contributed by atoms with Gasteiger partial charge in [0.05, 0.1) is 6.54 Å². The number of aromatic nitrogens is 1. The van der Waals surface area contributed by atoms with Crippen LogP contribution < -0.4 is 15.5 Å². The molecule has 1 aromatic heterocycles. The van der Waals surface area contributed by atoms with Gasteiger partial charge in [0.15, 0.2) is 0 Å². The van der Waals surface area contributed by atoms with Gasteiger partial charge in [-0.1, -0.05) is 6.92 Å². The summed E-state index contributed by atoms with van der Waals surface area (Å²) in [4.78, 5) is 18.3. The smallest absolute Gasteiger partial charge is 0.239 e. The number of amides is 1.